The third kappa shape index (κ3) is 21.1. The molecule has 0 atom stereocenters. The number of hydrogen-bond donors (Lipinski definition) is 1. The van der Waals surface area contributed by atoms with E-state index in [2.05, 4.69) is 19.1 Å². The van der Waals surface area contributed by atoms with Crippen LogP contribution in [-0.2, 0) is 4.79 Å². The first kappa shape index (κ1) is 24.2. The number of carbonyl (C=O) groups is 1. The lowest BCUT2D eigenvalue weighted by Gasteiger charge is -2.13. The summed E-state index contributed by atoms with van der Waals surface area (Å²) in [4.78, 5) is 12.4. The van der Waals surface area contributed by atoms with Crippen LogP contribution in [0, 0.1) is 0 Å². The largest absolute Gasteiger partial charge is 0.480 e. The zero-order valence-electron chi connectivity index (χ0n) is 17.0. The number of nitrogens with zero attached hydrogens (tertiary/aromatic N) is 1. The number of allylic oxidation sites excluding steroid dienone is 2. The Kier molecular flexibility index (Phi) is 18.8. The van der Waals surface area contributed by atoms with Gasteiger partial charge >= 0.3 is 5.97 Å². The van der Waals surface area contributed by atoms with Crippen LogP contribution in [0.15, 0.2) is 12.2 Å². The van der Waals surface area contributed by atoms with Gasteiger partial charge in [0, 0.05) is 0 Å². The summed E-state index contributed by atoms with van der Waals surface area (Å²) in [7, 11) is 1.88. The fraction of sp³-hybridized carbons (Fsp3) is 0.864. The molecule has 0 unspecified atom stereocenters. The van der Waals surface area contributed by atoms with E-state index in [1.54, 1.807) is 0 Å². The number of carboxylic acid groups (broad SMARTS) is 1. The van der Waals surface area contributed by atoms with Crippen LogP contribution in [-0.4, -0.2) is 36.1 Å². The summed E-state index contributed by atoms with van der Waals surface area (Å²) in [6.45, 7) is 3.33. The Bertz CT molecular complexity index is 315. The normalized spacial score (nSPS) is 11.6. The van der Waals surface area contributed by atoms with Crippen molar-refractivity contribution in [2.24, 2.45) is 0 Å². The van der Waals surface area contributed by atoms with Gasteiger partial charge in [0.1, 0.15) is 0 Å². The molecule has 0 aromatic rings. The molecule has 0 saturated carbocycles. The highest BCUT2D eigenvalue weighted by Crippen LogP contribution is 2.10. The second-order valence-electron chi connectivity index (χ2n) is 7.42. The Morgan fingerprint density at radius 3 is 1.68 bits per heavy atom. The van der Waals surface area contributed by atoms with E-state index in [1.165, 1.54) is 89.9 Å². The minimum atomic E-state index is -0.733. The molecule has 0 aromatic carbocycles. The lowest BCUT2D eigenvalue weighted by molar-refractivity contribution is -0.137. The summed E-state index contributed by atoms with van der Waals surface area (Å²) in [5, 5.41) is 8.68. The number of hydrogen-bond acceptors (Lipinski definition) is 2. The first-order valence-corrected chi connectivity index (χ1v) is 10.7. The third-order valence-electron chi connectivity index (χ3n) is 4.71. The van der Waals surface area contributed by atoms with Crippen LogP contribution in [0.5, 0.6) is 0 Å². The van der Waals surface area contributed by atoms with Crippen LogP contribution < -0.4 is 0 Å². The Morgan fingerprint density at radius 1 is 0.760 bits per heavy atom. The second-order valence-corrected chi connectivity index (χ2v) is 7.42. The summed E-state index contributed by atoms with van der Waals surface area (Å²) in [5.41, 5.74) is 0. The standard InChI is InChI=1S/C22H43NO2/c1-3-4-5-6-7-8-9-10-11-12-13-14-15-16-17-18-19-20-23(2)21-22(24)25/h10-11H,3-9,12-21H2,1-2H3,(H,24,25). The molecule has 0 fully saturated rings. The van der Waals surface area contributed by atoms with Gasteiger partial charge in [-0.05, 0) is 45.7 Å². The van der Waals surface area contributed by atoms with E-state index in [-0.39, 0.29) is 6.54 Å². The average Bonchev–Trinajstić information content (AvgIpc) is 2.57. The van der Waals surface area contributed by atoms with E-state index < -0.39 is 5.97 Å². The first-order chi connectivity index (χ1) is 12.2. The lowest BCUT2D eigenvalue weighted by Crippen LogP contribution is -2.26. The van der Waals surface area contributed by atoms with Crippen molar-refractivity contribution in [3.05, 3.63) is 12.2 Å². The minimum Gasteiger partial charge on any atom is -0.480 e. The molecule has 0 heterocycles. The van der Waals surface area contributed by atoms with E-state index in [9.17, 15) is 4.79 Å². The molecule has 0 aliphatic carbocycles. The van der Waals surface area contributed by atoms with Gasteiger partial charge < -0.3 is 5.11 Å². The number of rotatable bonds is 19. The maximum atomic E-state index is 10.5. The summed E-state index contributed by atoms with van der Waals surface area (Å²) in [5.74, 6) is -0.733. The molecule has 148 valence electrons. The zero-order valence-corrected chi connectivity index (χ0v) is 17.0. The predicted octanol–water partition coefficient (Wildman–Crippen LogP) is 6.43. The predicted molar refractivity (Wildman–Crippen MR) is 109 cm³/mol. The Morgan fingerprint density at radius 2 is 1.20 bits per heavy atom. The maximum Gasteiger partial charge on any atom is 0.317 e. The van der Waals surface area contributed by atoms with Gasteiger partial charge in [0.15, 0.2) is 0 Å². The molecule has 0 bridgehead atoms. The molecule has 25 heavy (non-hydrogen) atoms. The van der Waals surface area contributed by atoms with Gasteiger partial charge in [0.25, 0.3) is 0 Å². The van der Waals surface area contributed by atoms with Gasteiger partial charge in [0.2, 0.25) is 0 Å². The van der Waals surface area contributed by atoms with Crippen molar-refractivity contribution in [2.75, 3.05) is 20.1 Å². The Labute approximate surface area is 156 Å². The van der Waals surface area contributed by atoms with E-state index in [0.29, 0.717) is 0 Å². The molecule has 0 rings (SSSR count). The van der Waals surface area contributed by atoms with E-state index >= 15 is 0 Å². The molecule has 3 nitrogen and oxygen atoms in total. The van der Waals surface area contributed by atoms with Crippen LogP contribution in [0.4, 0.5) is 0 Å². The highest BCUT2D eigenvalue weighted by molar-refractivity contribution is 5.68. The zero-order chi connectivity index (χ0) is 18.6. The molecule has 0 aliphatic heterocycles. The van der Waals surface area contributed by atoms with Crippen LogP contribution >= 0.6 is 0 Å². The van der Waals surface area contributed by atoms with Gasteiger partial charge in [0.05, 0.1) is 6.54 Å². The van der Waals surface area contributed by atoms with Gasteiger partial charge in [-0.15, -0.1) is 0 Å². The summed E-state index contributed by atoms with van der Waals surface area (Å²) >= 11 is 0. The lowest BCUT2D eigenvalue weighted by atomic mass is 10.1. The molecule has 0 saturated heterocycles. The smallest absolute Gasteiger partial charge is 0.317 e. The van der Waals surface area contributed by atoms with Crippen molar-refractivity contribution < 1.29 is 9.90 Å². The highest BCUT2D eigenvalue weighted by atomic mass is 16.4. The Hall–Kier alpha value is -0.830. The number of likely N-dealkylation sites (N-methyl/N-ethyl adjacent to an activating group) is 1. The van der Waals surface area contributed by atoms with Gasteiger partial charge in [-0.2, -0.15) is 0 Å². The van der Waals surface area contributed by atoms with Gasteiger partial charge in [-0.25, -0.2) is 0 Å². The topological polar surface area (TPSA) is 40.5 Å². The molecule has 0 aliphatic rings. The minimum absolute atomic E-state index is 0.159. The quantitative estimate of drug-likeness (QED) is 0.215. The molecule has 3 heteroatoms. The molecule has 0 aromatic heterocycles. The van der Waals surface area contributed by atoms with Crippen molar-refractivity contribution in [2.45, 2.75) is 103 Å². The molecule has 0 amide bonds. The molecular weight excluding hydrogens is 310 g/mol. The van der Waals surface area contributed by atoms with E-state index in [0.717, 1.165) is 13.0 Å². The van der Waals surface area contributed by atoms with Crippen molar-refractivity contribution in [3.63, 3.8) is 0 Å². The molecular formula is C22H43NO2. The third-order valence-corrected chi connectivity index (χ3v) is 4.71. The maximum absolute atomic E-state index is 10.5. The first-order valence-electron chi connectivity index (χ1n) is 10.7. The molecule has 1 N–H and O–H groups in total. The number of unbranched alkanes of at least 4 members (excludes halogenated alkanes) is 13. The van der Waals surface area contributed by atoms with Crippen LogP contribution in [0.3, 0.4) is 0 Å². The summed E-state index contributed by atoms with van der Waals surface area (Å²) in [6.07, 6.45) is 24.6. The highest BCUT2D eigenvalue weighted by Gasteiger charge is 2.02. The number of aliphatic carboxylic acids is 1. The second kappa shape index (κ2) is 19.5. The fourth-order valence-corrected chi connectivity index (χ4v) is 3.12. The SMILES string of the molecule is CCCCCCCCC=CCCCCCCCCCN(C)CC(=O)O. The number of carboxylic acids is 1. The monoisotopic (exact) mass is 353 g/mol. The summed E-state index contributed by atoms with van der Waals surface area (Å²) in [6, 6.07) is 0. The van der Waals surface area contributed by atoms with Crippen molar-refractivity contribution in [3.8, 4) is 0 Å². The van der Waals surface area contributed by atoms with Crippen molar-refractivity contribution >= 4 is 5.97 Å². The van der Waals surface area contributed by atoms with Crippen LogP contribution in [0.25, 0.3) is 0 Å². The molecule has 0 spiro atoms. The van der Waals surface area contributed by atoms with Crippen LogP contribution in [0.2, 0.25) is 0 Å². The summed E-state index contributed by atoms with van der Waals surface area (Å²) < 4.78 is 0. The van der Waals surface area contributed by atoms with E-state index in [1.807, 2.05) is 11.9 Å². The van der Waals surface area contributed by atoms with Crippen LogP contribution in [0.1, 0.15) is 103 Å². The average molecular weight is 354 g/mol. The van der Waals surface area contributed by atoms with Crippen molar-refractivity contribution in [1.82, 2.24) is 4.90 Å². The van der Waals surface area contributed by atoms with Gasteiger partial charge in [-0.3, -0.25) is 9.69 Å². The van der Waals surface area contributed by atoms with Gasteiger partial charge in [-0.1, -0.05) is 83.3 Å². The van der Waals surface area contributed by atoms with Crippen molar-refractivity contribution in [1.29, 1.82) is 0 Å². The Balaban J connectivity index is 3.15. The van der Waals surface area contributed by atoms with E-state index in [4.69, 9.17) is 5.11 Å². The fourth-order valence-electron chi connectivity index (χ4n) is 3.12. The molecule has 0 radical (unpaired) electrons.